The fraction of sp³-hybridized carbons (Fsp3) is 0.588. The highest BCUT2D eigenvalue weighted by molar-refractivity contribution is 5.81. The molecule has 3 atom stereocenters. The van der Waals surface area contributed by atoms with Gasteiger partial charge in [-0.15, -0.1) is 0 Å². The summed E-state index contributed by atoms with van der Waals surface area (Å²) in [5.41, 5.74) is 0. The predicted octanol–water partition coefficient (Wildman–Crippen LogP) is 1.86. The molecule has 2 aliphatic heterocycles. The molecule has 1 amide bonds. The Hall–Kier alpha value is -1.75. The number of fused-ring (bicyclic) bond motifs is 2. The first-order valence-corrected chi connectivity index (χ1v) is 8.01. The van der Waals surface area contributed by atoms with Crippen LogP contribution in [0.25, 0.3) is 0 Å². The van der Waals surface area contributed by atoms with Crippen molar-refractivity contribution in [2.75, 3.05) is 7.11 Å². The van der Waals surface area contributed by atoms with Gasteiger partial charge in [0.05, 0.1) is 7.11 Å². The average molecular weight is 304 g/mol. The Labute approximate surface area is 131 Å². The van der Waals surface area contributed by atoms with Crippen molar-refractivity contribution in [3.05, 3.63) is 24.3 Å². The highest BCUT2D eigenvalue weighted by Crippen LogP contribution is 2.27. The fourth-order valence-electron chi connectivity index (χ4n) is 3.41. The second-order valence-corrected chi connectivity index (χ2v) is 6.25. The van der Waals surface area contributed by atoms with Crippen molar-refractivity contribution < 1.29 is 14.3 Å². The van der Waals surface area contributed by atoms with Crippen LogP contribution in [0.4, 0.5) is 0 Å². The molecule has 0 saturated carbocycles. The Kier molecular flexibility index (Phi) is 4.52. The molecule has 0 aliphatic carbocycles. The Morgan fingerprint density at radius 2 is 1.77 bits per heavy atom. The molecule has 3 unspecified atom stereocenters. The van der Waals surface area contributed by atoms with Gasteiger partial charge in [0.2, 0.25) is 0 Å². The van der Waals surface area contributed by atoms with Crippen LogP contribution in [-0.2, 0) is 4.79 Å². The second-order valence-electron chi connectivity index (χ2n) is 6.25. The van der Waals surface area contributed by atoms with Gasteiger partial charge in [-0.05, 0) is 56.9 Å². The molecule has 22 heavy (non-hydrogen) atoms. The minimum atomic E-state index is -0.499. The number of rotatable bonds is 5. The first kappa shape index (κ1) is 15.2. The third kappa shape index (κ3) is 3.53. The van der Waals surface area contributed by atoms with E-state index in [-0.39, 0.29) is 11.9 Å². The molecule has 1 aromatic rings. The van der Waals surface area contributed by atoms with E-state index in [0.717, 1.165) is 18.6 Å². The van der Waals surface area contributed by atoms with Crippen molar-refractivity contribution in [1.82, 2.24) is 10.6 Å². The number of benzene rings is 1. The van der Waals surface area contributed by atoms with Crippen molar-refractivity contribution in [2.45, 2.75) is 56.8 Å². The third-order valence-electron chi connectivity index (χ3n) is 4.56. The summed E-state index contributed by atoms with van der Waals surface area (Å²) >= 11 is 0. The summed E-state index contributed by atoms with van der Waals surface area (Å²) in [5, 5.41) is 6.71. The Morgan fingerprint density at radius 1 is 1.18 bits per heavy atom. The number of carbonyl (C=O) groups excluding carboxylic acids is 1. The quantitative estimate of drug-likeness (QED) is 0.872. The summed E-state index contributed by atoms with van der Waals surface area (Å²) in [6, 6.07) is 8.69. The normalized spacial score (nSPS) is 28.0. The maximum atomic E-state index is 12.3. The van der Waals surface area contributed by atoms with Gasteiger partial charge in [0.1, 0.15) is 11.5 Å². The number of amides is 1. The molecule has 2 fully saturated rings. The summed E-state index contributed by atoms with van der Waals surface area (Å²) in [7, 11) is 1.62. The molecule has 2 saturated heterocycles. The van der Waals surface area contributed by atoms with Crippen molar-refractivity contribution in [2.24, 2.45) is 0 Å². The van der Waals surface area contributed by atoms with Crippen molar-refractivity contribution >= 4 is 5.91 Å². The van der Waals surface area contributed by atoms with E-state index in [4.69, 9.17) is 9.47 Å². The smallest absolute Gasteiger partial charge is 0.260 e. The molecule has 0 spiro atoms. The van der Waals surface area contributed by atoms with E-state index in [1.54, 1.807) is 14.0 Å². The lowest BCUT2D eigenvalue weighted by Crippen LogP contribution is -2.50. The molecule has 0 aromatic heterocycles. The minimum Gasteiger partial charge on any atom is -0.497 e. The number of hydrogen-bond donors (Lipinski definition) is 2. The van der Waals surface area contributed by atoms with Crippen LogP contribution in [-0.4, -0.2) is 37.2 Å². The first-order chi connectivity index (χ1) is 10.6. The molecule has 120 valence electrons. The monoisotopic (exact) mass is 304 g/mol. The summed E-state index contributed by atoms with van der Waals surface area (Å²) in [6.45, 7) is 1.79. The zero-order valence-corrected chi connectivity index (χ0v) is 13.2. The number of carbonyl (C=O) groups is 1. The Morgan fingerprint density at radius 3 is 2.36 bits per heavy atom. The lowest BCUT2D eigenvalue weighted by atomic mass is 9.99. The molecule has 2 aliphatic rings. The van der Waals surface area contributed by atoms with E-state index in [2.05, 4.69) is 10.6 Å². The molecule has 2 bridgehead atoms. The first-order valence-electron chi connectivity index (χ1n) is 8.01. The van der Waals surface area contributed by atoms with Crippen molar-refractivity contribution in [3.8, 4) is 11.5 Å². The highest BCUT2D eigenvalue weighted by Gasteiger charge is 2.34. The standard InChI is InChI=1S/C17H24N2O3/c1-11(22-16-7-5-15(21-2)6-8-16)17(20)19-14-9-12-3-4-13(10-14)18-12/h5-8,11-14,18H,3-4,9-10H2,1-2H3,(H,19,20). The highest BCUT2D eigenvalue weighted by atomic mass is 16.5. The predicted molar refractivity (Wildman–Crippen MR) is 84.2 cm³/mol. The van der Waals surface area contributed by atoms with Gasteiger partial charge in [0.25, 0.3) is 5.91 Å². The van der Waals surface area contributed by atoms with Crippen LogP contribution in [0.15, 0.2) is 24.3 Å². The molecule has 2 heterocycles. The van der Waals surface area contributed by atoms with Crippen LogP contribution in [0.3, 0.4) is 0 Å². The van der Waals surface area contributed by atoms with Gasteiger partial charge in [-0.3, -0.25) is 4.79 Å². The van der Waals surface area contributed by atoms with E-state index in [1.807, 2.05) is 24.3 Å². The molecule has 1 aromatic carbocycles. The van der Waals surface area contributed by atoms with Gasteiger partial charge in [-0.25, -0.2) is 0 Å². The topological polar surface area (TPSA) is 59.6 Å². The number of methoxy groups -OCH3 is 1. The summed E-state index contributed by atoms with van der Waals surface area (Å²) in [5.74, 6) is 1.41. The molecule has 2 N–H and O–H groups in total. The second kappa shape index (κ2) is 6.57. The third-order valence-corrected chi connectivity index (χ3v) is 4.56. The van der Waals surface area contributed by atoms with Crippen LogP contribution in [0.2, 0.25) is 0 Å². The van der Waals surface area contributed by atoms with Gasteiger partial charge < -0.3 is 20.1 Å². The van der Waals surface area contributed by atoms with E-state index in [0.29, 0.717) is 17.8 Å². The number of nitrogens with one attached hydrogen (secondary N) is 2. The van der Waals surface area contributed by atoms with Crippen LogP contribution in [0, 0.1) is 0 Å². The van der Waals surface area contributed by atoms with Gasteiger partial charge in [0, 0.05) is 18.1 Å². The Balaban J connectivity index is 1.50. The van der Waals surface area contributed by atoms with Crippen LogP contribution < -0.4 is 20.1 Å². The van der Waals surface area contributed by atoms with Crippen LogP contribution in [0.1, 0.15) is 32.6 Å². The molecular weight excluding hydrogens is 280 g/mol. The van der Waals surface area contributed by atoms with E-state index < -0.39 is 6.10 Å². The number of piperidine rings is 1. The minimum absolute atomic E-state index is 0.0397. The Bertz CT molecular complexity index is 505. The summed E-state index contributed by atoms with van der Waals surface area (Å²) < 4.78 is 10.8. The van der Waals surface area contributed by atoms with Crippen molar-refractivity contribution in [1.29, 1.82) is 0 Å². The van der Waals surface area contributed by atoms with E-state index in [9.17, 15) is 4.79 Å². The largest absolute Gasteiger partial charge is 0.497 e. The van der Waals surface area contributed by atoms with E-state index in [1.165, 1.54) is 12.8 Å². The molecule has 5 heteroatoms. The lowest BCUT2D eigenvalue weighted by molar-refractivity contribution is -0.128. The molecular formula is C17H24N2O3. The van der Waals surface area contributed by atoms with Crippen LogP contribution >= 0.6 is 0 Å². The zero-order valence-electron chi connectivity index (χ0n) is 13.2. The van der Waals surface area contributed by atoms with Gasteiger partial charge in [-0.2, -0.15) is 0 Å². The number of ether oxygens (including phenoxy) is 2. The average Bonchev–Trinajstić information content (AvgIpc) is 2.86. The molecule has 5 nitrogen and oxygen atoms in total. The lowest BCUT2D eigenvalue weighted by Gasteiger charge is -2.30. The molecule has 0 radical (unpaired) electrons. The van der Waals surface area contributed by atoms with Gasteiger partial charge in [-0.1, -0.05) is 0 Å². The van der Waals surface area contributed by atoms with E-state index >= 15 is 0 Å². The van der Waals surface area contributed by atoms with Crippen LogP contribution in [0.5, 0.6) is 11.5 Å². The summed E-state index contributed by atoms with van der Waals surface area (Å²) in [4.78, 5) is 12.3. The SMILES string of the molecule is COc1ccc(OC(C)C(=O)NC2CC3CCC(C2)N3)cc1. The van der Waals surface area contributed by atoms with Crippen molar-refractivity contribution in [3.63, 3.8) is 0 Å². The number of hydrogen-bond acceptors (Lipinski definition) is 4. The summed E-state index contributed by atoms with van der Waals surface area (Å²) in [6.07, 6.45) is 4.01. The van der Waals surface area contributed by atoms with Gasteiger partial charge in [0.15, 0.2) is 6.10 Å². The molecule has 3 rings (SSSR count). The van der Waals surface area contributed by atoms with Gasteiger partial charge >= 0.3 is 0 Å². The zero-order chi connectivity index (χ0) is 15.5. The maximum Gasteiger partial charge on any atom is 0.260 e. The maximum absolute atomic E-state index is 12.3. The fourth-order valence-corrected chi connectivity index (χ4v) is 3.41.